The number of carbonyl (C=O) groups is 17. The lowest BCUT2D eigenvalue weighted by Gasteiger charge is -2.32. The van der Waals surface area contributed by atoms with Crippen LogP contribution in [0.25, 0.3) is 0 Å². The Labute approximate surface area is 650 Å². The number of carboxylic acid groups (broad SMARTS) is 2. The maximum Gasteiger partial charge on any atom is 0.322 e. The number of hydrogen-bond donors (Lipinski definition) is 19. The Balaban J connectivity index is 1.56. The second-order valence-electron chi connectivity index (χ2n) is 29.6. The standard InChI is InChI=1S/C75H114N16O21/c1-12-41(8)60(89-68(105)50(32-39(4)5)84-72(109)55-26-20-30-91(55)75(112)61(44(11)93)90-70(107)53(35-56(76)94)82-63(100)43(10)80-64(101)47-25-19-29-77-47)74(111)86-52(34-46-23-17-14-18-24-46)69(106)88-59(40(6)7)73(110)85-51(33-45-21-15-13-16-22-45)67(104)87-54(37-92)71(108)83-49(31-38(2)3)66(103)81-48(27-28-57(95)96)65(102)79-42(9)62(99)78-36-58(97)98/h13-18,21-24,38-44,47-55,59-61,77,92-93H,12,19-20,25-37H2,1-11H3,(H2,76,94)(H,78,99)(H,79,102)(H,80,101)(H,81,103)(H,82,100)(H,83,108)(H,84,109)(H,85,110)(H,86,111)(H,87,104)(H,88,106)(H,89,105)(H,90,107)(H,95,96)(H,97,98)/t41-,42-,43-,44+,47-,48-,49-,50-,51-,52-,53-,54-,55-,59-,60-,61-/m0/s1. The predicted molar refractivity (Wildman–Crippen MR) is 404 cm³/mol. The first-order valence-electron chi connectivity index (χ1n) is 37.8. The summed E-state index contributed by atoms with van der Waals surface area (Å²) in [6.45, 7) is 16.0. The normalized spacial score (nSPS) is 17.7. The summed E-state index contributed by atoms with van der Waals surface area (Å²) >= 11 is 0. The van der Waals surface area contributed by atoms with Crippen LogP contribution in [0.15, 0.2) is 60.7 Å². The van der Waals surface area contributed by atoms with Gasteiger partial charge in [-0.15, -0.1) is 0 Å². The molecule has 0 aliphatic carbocycles. The lowest BCUT2D eigenvalue weighted by atomic mass is 9.95. The fraction of sp³-hybridized carbons (Fsp3) is 0.613. The van der Waals surface area contributed by atoms with E-state index in [9.17, 15) is 96.8 Å². The van der Waals surface area contributed by atoms with Gasteiger partial charge in [-0.25, -0.2) is 0 Å². The van der Waals surface area contributed by atoms with Crippen LogP contribution in [-0.2, 0) is 94.3 Å². The van der Waals surface area contributed by atoms with E-state index in [1.807, 2.05) is 0 Å². The predicted octanol–water partition coefficient (Wildman–Crippen LogP) is -3.82. The first-order valence-corrected chi connectivity index (χ1v) is 37.8. The van der Waals surface area contributed by atoms with Crippen LogP contribution < -0.4 is 80.2 Å². The van der Waals surface area contributed by atoms with Gasteiger partial charge in [0.25, 0.3) is 0 Å². The first-order chi connectivity index (χ1) is 52.7. The second-order valence-corrected chi connectivity index (χ2v) is 29.6. The summed E-state index contributed by atoms with van der Waals surface area (Å²) in [6, 6.07) is -3.08. The number of aliphatic hydroxyl groups is 2. The molecule has 15 amide bonds. The van der Waals surface area contributed by atoms with Crippen LogP contribution in [0.5, 0.6) is 0 Å². The van der Waals surface area contributed by atoms with Crippen LogP contribution in [-0.4, -0.2) is 243 Å². The average Bonchev–Trinajstić information content (AvgIpc) is 1.60. The summed E-state index contributed by atoms with van der Waals surface area (Å²) in [5.41, 5.74) is 6.50. The van der Waals surface area contributed by atoms with Crippen molar-refractivity contribution in [2.75, 3.05) is 26.2 Å². The summed E-state index contributed by atoms with van der Waals surface area (Å²) in [7, 11) is 0. The molecule has 2 fully saturated rings. The van der Waals surface area contributed by atoms with Crippen molar-refractivity contribution in [3.63, 3.8) is 0 Å². The van der Waals surface area contributed by atoms with Crippen molar-refractivity contribution in [3.05, 3.63) is 71.8 Å². The second kappa shape index (κ2) is 46.2. The number of benzene rings is 2. The molecular weight excluding hydrogens is 1460 g/mol. The summed E-state index contributed by atoms with van der Waals surface area (Å²) < 4.78 is 0. The first kappa shape index (κ1) is 93.7. The average molecular weight is 1580 g/mol. The number of aliphatic carboxylic acids is 2. The van der Waals surface area contributed by atoms with Crippen molar-refractivity contribution < 1.29 is 102 Å². The number of carboxylic acids is 2. The fourth-order valence-electron chi connectivity index (χ4n) is 12.4. The molecule has 0 bridgehead atoms. The fourth-order valence-corrected chi connectivity index (χ4v) is 12.4. The molecule has 0 spiro atoms. The molecule has 2 aliphatic rings. The Bertz CT molecular complexity index is 3600. The van der Waals surface area contributed by atoms with Gasteiger partial charge in [0.15, 0.2) is 0 Å². The molecule has 2 aromatic rings. The molecule has 4 rings (SSSR count). The Morgan fingerprint density at radius 3 is 1.44 bits per heavy atom. The zero-order chi connectivity index (χ0) is 83.8. The molecule has 2 heterocycles. The molecule has 2 aliphatic heterocycles. The third-order valence-corrected chi connectivity index (χ3v) is 18.9. The summed E-state index contributed by atoms with van der Waals surface area (Å²) in [5.74, 6) is -18.4. The monoisotopic (exact) mass is 1570 g/mol. The number of nitrogens with one attached hydrogen (secondary N) is 14. The summed E-state index contributed by atoms with van der Waals surface area (Å²) in [5, 5.41) is 75.7. The van der Waals surface area contributed by atoms with E-state index in [1.165, 1.54) is 20.8 Å². The van der Waals surface area contributed by atoms with Crippen molar-refractivity contribution in [2.45, 2.75) is 244 Å². The molecule has 620 valence electrons. The minimum Gasteiger partial charge on any atom is -0.481 e. The number of primary amides is 1. The van der Waals surface area contributed by atoms with E-state index in [4.69, 9.17) is 10.8 Å². The highest BCUT2D eigenvalue weighted by Gasteiger charge is 2.43. The third-order valence-electron chi connectivity index (χ3n) is 18.9. The SMILES string of the molecule is CC[C@H](C)[C@H](NC(=O)[C@H](CC(C)C)NC(=O)[C@@H]1CCCN1C(=O)[C@@H](NC(=O)[C@H](CC(N)=O)NC(=O)[C@H](C)NC(=O)[C@@H]1CCCN1)[C@@H](C)O)C(=O)N[C@@H](Cc1ccccc1)C(=O)N[C@H](C(=O)N[C@@H](Cc1ccccc1)C(=O)N[C@@H](CO)C(=O)N[C@@H](CC(C)C)C(=O)N[C@@H](CCC(=O)O)C(=O)N[C@@H](C)C(=O)NCC(=O)O)C(C)C. The Morgan fingerprint density at radius 1 is 0.482 bits per heavy atom. The number of carbonyl (C=O) groups excluding carboxylic acids is 15. The molecule has 0 radical (unpaired) electrons. The van der Waals surface area contributed by atoms with E-state index in [1.54, 1.807) is 116 Å². The molecule has 37 heteroatoms. The zero-order valence-corrected chi connectivity index (χ0v) is 65.3. The highest BCUT2D eigenvalue weighted by atomic mass is 16.4. The van der Waals surface area contributed by atoms with Crippen molar-refractivity contribution in [1.82, 2.24) is 79.3 Å². The van der Waals surface area contributed by atoms with Gasteiger partial charge in [-0.3, -0.25) is 81.5 Å². The van der Waals surface area contributed by atoms with E-state index in [0.717, 1.165) is 11.3 Å². The minimum absolute atomic E-state index is 0.00575. The summed E-state index contributed by atoms with van der Waals surface area (Å²) in [6.07, 6.45) is -2.09. The number of rotatable bonds is 46. The van der Waals surface area contributed by atoms with Gasteiger partial charge in [0.2, 0.25) is 88.6 Å². The number of amides is 15. The molecule has 2 aromatic carbocycles. The molecule has 2 saturated heterocycles. The van der Waals surface area contributed by atoms with Crippen LogP contribution in [0, 0.1) is 23.7 Å². The van der Waals surface area contributed by atoms with Gasteiger partial charge in [0, 0.05) is 25.8 Å². The third kappa shape index (κ3) is 30.9. The van der Waals surface area contributed by atoms with E-state index in [-0.39, 0.29) is 63.3 Å². The number of nitrogens with two attached hydrogens (primary N) is 1. The molecule has 112 heavy (non-hydrogen) atoms. The zero-order valence-electron chi connectivity index (χ0n) is 65.3. The summed E-state index contributed by atoms with van der Waals surface area (Å²) in [4.78, 5) is 232. The number of hydrogen-bond acceptors (Lipinski definition) is 20. The molecule has 0 aromatic heterocycles. The van der Waals surface area contributed by atoms with Crippen molar-refractivity contribution >= 4 is 101 Å². The van der Waals surface area contributed by atoms with Gasteiger partial charge in [0.05, 0.1) is 25.2 Å². The molecule has 0 saturated carbocycles. The van der Waals surface area contributed by atoms with Crippen molar-refractivity contribution in [3.8, 4) is 0 Å². The van der Waals surface area contributed by atoms with Crippen LogP contribution in [0.2, 0.25) is 0 Å². The lowest BCUT2D eigenvalue weighted by molar-refractivity contribution is -0.145. The van der Waals surface area contributed by atoms with Crippen LogP contribution in [0.3, 0.4) is 0 Å². The number of aliphatic hydroxyl groups excluding tert-OH is 2. The maximum atomic E-state index is 14.9. The van der Waals surface area contributed by atoms with E-state index in [0.29, 0.717) is 24.1 Å². The topological polar surface area (TPSA) is 569 Å². The van der Waals surface area contributed by atoms with Crippen LogP contribution in [0.1, 0.15) is 151 Å². The van der Waals surface area contributed by atoms with Gasteiger partial charge in [-0.1, -0.05) is 122 Å². The molecule has 37 nitrogen and oxygen atoms in total. The van der Waals surface area contributed by atoms with Crippen molar-refractivity contribution in [1.29, 1.82) is 0 Å². The van der Waals surface area contributed by atoms with Gasteiger partial charge in [-0.05, 0) is 107 Å². The molecule has 0 unspecified atom stereocenters. The number of nitrogens with zero attached hydrogens (tertiary/aromatic N) is 1. The number of likely N-dealkylation sites (tertiary alicyclic amines) is 1. The lowest BCUT2D eigenvalue weighted by Crippen LogP contribution is -2.63. The highest BCUT2D eigenvalue weighted by Crippen LogP contribution is 2.22. The maximum absolute atomic E-state index is 14.9. The highest BCUT2D eigenvalue weighted by molar-refractivity contribution is 6.01. The van der Waals surface area contributed by atoms with Gasteiger partial charge >= 0.3 is 11.9 Å². The molecule has 20 N–H and O–H groups in total. The van der Waals surface area contributed by atoms with E-state index >= 15 is 0 Å². The van der Waals surface area contributed by atoms with E-state index in [2.05, 4.69) is 74.4 Å². The Kier molecular flexibility index (Phi) is 38.7. The molecular formula is C75H114N16O21. The Hall–Kier alpha value is -10.7. The largest absolute Gasteiger partial charge is 0.481 e. The van der Waals surface area contributed by atoms with Gasteiger partial charge in [-0.2, -0.15) is 0 Å². The quantitative estimate of drug-likeness (QED) is 0.0302. The van der Waals surface area contributed by atoms with Crippen LogP contribution >= 0.6 is 0 Å². The van der Waals surface area contributed by atoms with Crippen LogP contribution in [0.4, 0.5) is 0 Å². The van der Waals surface area contributed by atoms with E-state index < -0.39 is 235 Å². The Morgan fingerprint density at radius 2 is 0.938 bits per heavy atom. The van der Waals surface area contributed by atoms with Gasteiger partial charge < -0.3 is 105 Å². The van der Waals surface area contributed by atoms with Crippen molar-refractivity contribution in [2.24, 2.45) is 29.4 Å². The minimum atomic E-state index is -1.81. The molecule has 16 atom stereocenters. The van der Waals surface area contributed by atoms with Gasteiger partial charge in [0.1, 0.15) is 85.1 Å². The smallest absolute Gasteiger partial charge is 0.322 e.